The minimum atomic E-state index is -0.442. The van der Waals surface area contributed by atoms with Crippen molar-refractivity contribution >= 4 is 39.1 Å². The average molecular weight is 338 g/mol. The van der Waals surface area contributed by atoms with E-state index < -0.39 is 5.82 Å². The van der Waals surface area contributed by atoms with Crippen LogP contribution in [0.3, 0.4) is 0 Å². The predicted octanol–water partition coefficient (Wildman–Crippen LogP) is 4.48. The quantitative estimate of drug-likeness (QED) is 0.758. The lowest BCUT2D eigenvalue weighted by Crippen LogP contribution is -1.92. The van der Waals surface area contributed by atoms with E-state index in [1.165, 1.54) is 18.5 Å². The first kappa shape index (κ1) is 12.5. The molecule has 0 spiro atoms. The maximum atomic E-state index is 12.8. The van der Waals surface area contributed by atoms with Gasteiger partial charge in [0.15, 0.2) is 5.15 Å². The van der Waals surface area contributed by atoms with Crippen LogP contribution in [0.4, 0.5) is 4.39 Å². The zero-order valence-corrected chi connectivity index (χ0v) is 11.2. The molecule has 0 N–H and O–H groups in total. The van der Waals surface area contributed by atoms with Gasteiger partial charge in [-0.2, -0.15) is 0 Å². The highest BCUT2D eigenvalue weighted by Gasteiger charge is 2.11. The molecule has 1 aromatic heterocycles. The van der Waals surface area contributed by atoms with Crippen molar-refractivity contribution in [1.29, 1.82) is 0 Å². The van der Waals surface area contributed by atoms with Crippen molar-refractivity contribution in [2.24, 2.45) is 0 Å². The summed E-state index contributed by atoms with van der Waals surface area (Å²) in [7, 11) is 0. The van der Waals surface area contributed by atoms with Crippen molar-refractivity contribution in [1.82, 2.24) is 9.97 Å². The first-order valence-corrected chi connectivity index (χ1v) is 5.91. The number of halogens is 4. The maximum absolute atomic E-state index is 12.8. The molecule has 0 bridgehead atoms. The lowest BCUT2D eigenvalue weighted by Gasteiger charge is -2.08. The van der Waals surface area contributed by atoms with Crippen LogP contribution >= 0.6 is 39.1 Å². The summed E-state index contributed by atoms with van der Waals surface area (Å²) in [6, 6.07) is 3.78. The molecule has 0 aliphatic heterocycles. The van der Waals surface area contributed by atoms with Crippen LogP contribution in [0.2, 0.25) is 10.2 Å². The Hall–Kier alpha value is -0.910. The molecule has 0 saturated heterocycles. The zero-order chi connectivity index (χ0) is 12.4. The van der Waals surface area contributed by atoms with Crippen molar-refractivity contribution in [3.05, 3.63) is 45.0 Å². The van der Waals surface area contributed by atoms with Crippen molar-refractivity contribution in [2.75, 3.05) is 0 Å². The van der Waals surface area contributed by atoms with Crippen LogP contribution in [0.5, 0.6) is 11.6 Å². The van der Waals surface area contributed by atoms with E-state index in [0.29, 0.717) is 4.47 Å². The molecule has 0 unspecified atom stereocenters. The fraction of sp³-hybridized carbons (Fsp3) is 0. The maximum Gasteiger partial charge on any atom is 0.238 e. The second-order valence-corrected chi connectivity index (χ2v) is 4.52. The molecule has 0 radical (unpaired) electrons. The van der Waals surface area contributed by atoms with Gasteiger partial charge in [0.05, 0.1) is 5.02 Å². The van der Waals surface area contributed by atoms with Crippen LogP contribution in [0.15, 0.2) is 29.0 Å². The molecule has 0 aliphatic rings. The monoisotopic (exact) mass is 336 g/mol. The number of nitrogens with zero attached hydrogens (tertiary/aromatic N) is 2. The summed E-state index contributed by atoms with van der Waals surface area (Å²) >= 11 is 14.8. The van der Waals surface area contributed by atoms with E-state index in [-0.39, 0.29) is 21.8 Å². The molecule has 0 atom stereocenters. The summed E-state index contributed by atoms with van der Waals surface area (Å²) < 4.78 is 18.6. The number of hydrogen-bond donors (Lipinski definition) is 0. The molecule has 2 rings (SSSR count). The van der Waals surface area contributed by atoms with Gasteiger partial charge in [0.1, 0.15) is 22.4 Å². The second-order valence-electron chi connectivity index (χ2n) is 2.96. The molecular weight excluding hydrogens is 334 g/mol. The molecule has 7 heteroatoms. The summed E-state index contributed by atoms with van der Waals surface area (Å²) in [6.45, 7) is 0. The Kier molecular flexibility index (Phi) is 3.81. The van der Waals surface area contributed by atoms with Crippen LogP contribution in [0, 0.1) is 5.82 Å². The standard InChI is InChI=1S/C10H4BrCl2FN2O/c11-8-9(13)15-4-16-10(8)17-7-2-1-5(14)3-6(7)12/h1-4H. The van der Waals surface area contributed by atoms with Gasteiger partial charge in [-0.25, -0.2) is 14.4 Å². The number of rotatable bonds is 2. The van der Waals surface area contributed by atoms with Gasteiger partial charge in [0.25, 0.3) is 0 Å². The highest BCUT2D eigenvalue weighted by Crippen LogP contribution is 2.34. The summed E-state index contributed by atoms with van der Waals surface area (Å²) in [6.07, 6.45) is 1.25. The van der Waals surface area contributed by atoms with Crippen LogP contribution in [0.1, 0.15) is 0 Å². The summed E-state index contributed by atoms with van der Waals surface area (Å²) in [5, 5.41) is 0.361. The van der Waals surface area contributed by atoms with E-state index in [1.54, 1.807) is 0 Å². The number of hydrogen-bond acceptors (Lipinski definition) is 3. The van der Waals surface area contributed by atoms with Gasteiger partial charge < -0.3 is 4.74 Å². The van der Waals surface area contributed by atoms with Crippen molar-refractivity contribution < 1.29 is 9.13 Å². The van der Waals surface area contributed by atoms with E-state index in [4.69, 9.17) is 27.9 Å². The minimum Gasteiger partial charge on any atom is -0.436 e. The lowest BCUT2D eigenvalue weighted by atomic mass is 10.3. The molecule has 3 nitrogen and oxygen atoms in total. The summed E-state index contributed by atoms with van der Waals surface area (Å²) in [5.74, 6) is 0.0455. The third-order valence-electron chi connectivity index (χ3n) is 1.82. The van der Waals surface area contributed by atoms with Gasteiger partial charge in [0, 0.05) is 0 Å². The smallest absolute Gasteiger partial charge is 0.238 e. The van der Waals surface area contributed by atoms with Crippen LogP contribution in [-0.2, 0) is 0 Å². The highest BCUT2D eigenvalue weighted by atomic mass is 79.9. The minimum absolute atomic E-state index is 0.145. The van der Waals surface area contributed by atoms with Gasteiger partial charge in [-0.3, -0.25) is 0 Å². The molecule has 0 aliphatic carbocycles. The zero-order valence-electron chi connectivity index (χ0n) is 8.12. The third kappa shape index (κ3) is 2.86. The Bertz CT molecular complexity index is 568. The Morgan fingerprint density at radius 3 is 2.71 bits per heavy atom. The van der Waals surface area contributed by atoms with E-state index in [0.717, 1.165) is 6.07 Å². The van der Waals surface area contributed by atoms with Crippen molar-refractivity contribution in [3.63, 3.8) is 0 Å². The van der Waals surface area contributed by atoms with Crippen molar-refractivity contribution in [3.8, 4) is 11.6 Å². The Labute approximate surface area is 115 Å². The molecule has 0 saturated carbocycles. The van der Waals surface area contributed by atoms with Gasteiger partial charge in [-0.1, -0.05) is 23.2 Å². The highest BCUT2D eigenvalue weighted by molar-refractivity contribution is 9.10. The fourth-order valence-electron chi connectivity index (χ4n) is 1.07. The van der Waals surface area contributed by atoms with E-state index >= 15 is 0 Å². The number of ether oxygens (including phenoxy) is 1. The van der Waals surface area contributed by atoms with Crippen molar-refractivity contribution in [2.45, 2.75) is 0 Å². The van der Waals surface area contributed by atoms with Crippen LogP contribution in [-0.4, -0.2) is 9.97 Å². The fourth-order valence-corrected chi connectivity index (χ4v) is 1.68. The number of aromatic nitrogens is 2. The summed E-state index contributed by atoms with van der Waals surface area (Å²) in [5.41, 5.74) is 0. The Morgan fingerprint density at radius 2 is 2.00 bits per heavy atom. The van der Waals surface area contributed by atoms with E-state index in [9.17, 15) is 4.39 Å². The third-order valence-corrected chi connectivity index (χ3v) is 3.34. The second kappa shape index (κ2) is 5.16. The molecule has 17 heavy (non-hydrogen) atoms. The molecular formula is C10H4BrCl2FN2O. The Morgan fingerprint density at radius 1 is 1.24 bits per heavy atom. The van der Waals surface area contributed by atoms with Crippen LogP contribution in [0.25, 0.3) is 0 Å². The Balaban J connectivity index is 2.35. The first-order chi connectivity index (χ1) is 8.08. The first-order valence-electron chi connectivity index (χ1n) is 4.37. The van der Waals surface area contributed by atoms with Gasteiger partial charge in [-0.15, -0.1) is 0 Å². The molecule has 0 amide bonds. The molecule has 88 valence electrons. The van der Waals surface area contributed by atoms with E-state index in [1.807, 2.05) is 0 Å². The molecule has 1 aromatic carbocycles. The topological polar surface area (TPSA) is 35.0 Å². The molecule has 2 aromatic rings. The lowest BCUT2D eigenvalue weighted by molar-refractivity contribution is 0.456. The van der Waals surface area contributed by atoms with Gasteiger partial charge >= 0.3 is 0 Å². The van der Waals surface area contributed by atoms with Gasteiger partial charge in [-0.05, 0) is 34.1 Å². The predicted molar refractivity (Wildman–Crippen MR) is 66.2 cm³/mol. The largest absolute Gasteiger partial charge is 0.436 e. The van der Waals surface area contributed by atoms with Gasteiger partial charge in [0.2, 0.25) is 5.88 Å². The SMILES string of the molecule is Fc1ccc(Oc2ncnc(Cl)c2Br)c(Cl)c1. The summed E-state index contributed by atoms with van der Waals surface area (Å²) in [4.78, 5) is 7.63. The normalized spacial score (nSPS) is 10.4. The number of benzene rings is 1. The van der Waals surface area contributed by atoms with Crippen LogP contribution < -0.4 is 4.74 Å². The average Bonchev–Trinajstić information content (AvgIpc) is 2.28. The molecule has 0 fully saturated rings. The van der Waals surface area contributed by atoms with E-state index in [2.05, 4.69) is 25.9 Å². The molecule has 1 heterocycles.